The summed E-state index contributed by atoms with van der Waals surface area (Å²) in [6.45, 7) is 8.33. The zero-order chi connectivity index (χ0) is 16.0. The molecule has 0 amide bonds. The number of hydrogen-bond acceptors (Lipinski definition) is 0. The molecule has 1 atom stereocenters. The van der Waals surface area contributed by atoms with Gasteiger partial charge in [0, 0.05) is 0 Å². The summed E-state index contributed by atoms with van der Waals surface area (Å²) in [5, 5.41) is 0. The maximum Gasteiger partial charge on any atom is 0.0886 e. The molecule has 22 heavy (non-hydrogen) atoms. The Labute approximate surface area is 148 Å². The van der Waals surface area contributed by atoms with Crippen molar-refractivity contribution in [2.45, 2.75) is 110 Å². The molecule has 1 unspecified atom stereocenters. The maximum absolute atomic E-state index is 2.48. The van der Waals surface area contributed by atoms with Crippen LogP contribution in [0.3, 0.4) is 0 Å². The second-order valence-corrected chi connectivity index (χ2v) is 7.56. The zero-order valence-electron chi connectivity index (χ0n) is 16.3. The second-order valence-electron chi connectivity index (χ2n) is 7.56. The van der Waals surface area contributed by atoms with E-state index in [0.717, 1.165) is 6.04 Å². The minimum atomic E-state index is 0. The molecule has 0 aromatic carbocycles. The summed E-state index contributed by atoms with van der Waals surface area (Å²) in [7, 11) is 4.97. The molecule has 0 radical (unpaired) electrons. The molecule has 136 valence electrons. The normalized spacial score (nSPS) is 13.0. The Hall–Kier alpha value is 0.250. The number of rotatable bonds is 15. The van der Waals surface area contributed by atoms with Gasteiger partial charge >= 0.3 is 0 Å². The largest absolute Gasteiger partial charge is 1.00 e. The van der Waals surface area contributed by atoms with Crippen LogP contribution in [0, 0.1) is 0 Å². The van der Waals surface area contributed by atoms with E-state index in [0.29, 0.717) is 0 Å². The zero-order valence-corrected chi connectivity index (χ0v) is 17.1. The fourth-order valence-electron chi connectivity index (χ4n) is 3.40. The van der Waals surface area contributed by atoms with E-state index in [1.165, 1.54) is 94.5 Å². The first kappa shape index (κ1) is 24.5. The van der Waals surface area contributed by atoms with E-state index >= 15 is 0 Å². The smallest absolute Gasteiger partial charge is 0.0886 e. The SMILES string of the molecule is CCCCCCCC[N+](C)(C)C(CCCC)CCCCC.[Cl-]. The van der Waals surface area contributed by atoms with Gasteiger partial charge in [-0.3, -0.25) is 0 Å². The molecule has 2 heteroatoms. The van der Waals surface area contributed by atoms with Crippen LogP contribution >= 0.6 is 0 Å². The Morgan fingerprint density at radius 1 is 0.591 bits per heavy atom. The van der Waals surface area contributed by atoms with Gasteiger partial charge in [0.25, 0.3) is 0 Å². The molecular formula is C20H44ClN. The van der Waals surface area contributed by atoms with Crippen LogP contribution in [0.25, 0.3) is 0 Å². The molecule has 0 saturated carbocycles. The molecule has 0 saturated heterocycles. The van der Waals surface area contributed by atoms with Crippen molar-refractivity contribution >= 4 is 0 Å². The Bertz CT molecular complexity index is 216. The Morgan fingerprint density at radius 3 is 1.64 bits per heavy atom. The van der Waals surface area contributed by atoms with Crippen molar-refractivity contribution in [3.63, 3.8) is 0 Å². The first-order chi connectivity index (χ1) is 10.1. The molecule has 1 nitrogen and oxygen atoms in total. The predicted octanol–water partition coefficient (Wildman–Crippen LogP) is 3.57. The molecule has 0 rings (SSSR count). The molecule has 0 aliphatic carbocycles. The maximum atomic E-state index is 2.48. The summed E-state index contributed by atoms with van der Waals surface area (Å²) in [4.78, 5) is 0. The van der Waals surface area contributed by atoms with Crippen molar-refractivity contribution in [1.29, 1.82) is 0 Å². The highest BCUT2D eigenvalue weighted by atomic mass is 35.5. The van der Waals surface area contributed by atoms with Gasteiger partial charge in [0.2, 0.25) is 0 Å². The van der Waals surface area contributed by atoms with Crippen molar-refractivity contribution < 1.29 is 16.9 Å². The molecular weight excluding hydrogens is 290 g/mol. The van der Waals surface area contributed by atoms with Crippen LogP contribution in [0.4, 0.5) is 0 Å². The summed E-state index contributed by atoms with van der Waals surface area (Å²) in [6.07, 6.45) is 18.4. The molecule has 0 bridgehead atoms. The standard InChI is InChI=1S/C20H44N.ClH/c1-6-9-12-13-14-16-19-21(4,5)20(17-11-8-3)18-15-10-7-2;/h20H,6-19H2,1-5H3;1H/q+1;/p-1. The van der Waals surface area contributed by atoms with E-state index in [1.807, 2.05) is 0 Å². The third-order valence-electron chi connectivity index (χ3n) is 5.11. The molecule has 0 heterocycles. The molecule has 0 aliphatic heterocycles. The monoisotopic (exact) mass is 333 g/mol. The quantitative estimate of drug-likeness (QED) is 0.317. The van der Waals surface area contributed by atoms with E-state index in [1.54, 1.807) is 0 Å². The number of quaternary nitrogens is 1. The van der Waals surface area contributed by atoms with Gasteiger partial charge in [0.15, 0.2) is 0 Å². The molecule has 0 aromatic rings. The van der Waals surface area contributed by atoms with Gasteiger partial charge < -0.3 is 16.9 Å². The van der Waals surface area contributed by atoms with E-state index < -0.39 is 0 Å². The number of nitrogens with zero attached hydrogens (tertiary/aromatic N) is 1. The lowest BCUT2D eigenvalue weighted by atomic mass is 9.99. The summed E-state index contributed by atoms with van der Waals surface area (Å²) < 4.78 is 1.26. The van der Waals surface area contributed by atoms with E-state index in [4.69, 9.17) is 0 Å². The Kier molecular flexibility index (Phi) is 18.0. The van der Waals surface area contributed by atoms with Gasteiger partial charge in [0.05, 0.1) is 26.7 Å². The van der Waals surface area contributed by atoms with Crippen molar-refractivity contribution in [2.24, 2.45) is 0 Å². The summed E-state index contributed by atoms with van der Waals surface area (Å²) >= 11 is 0. The van der Waals surface area contributed by atoms with Crippen molar-refractivity contribution in [3.8, 4) is 0 Å². The summed E-state index contributed by atoms with van der Waals surface area (Å²) in [5.41, 5.74) is 0. The molecule has 0 aromatic heterocycles. The topological polar surface area (TPSA) is 0 Å². The highest BCUT2D eigenvalue weighted by Gasteiger charge is 2.26. The average molecular weight is 334 g/mol. The van der Waals surface area contributed by atoms with Crippen molar-refractivity contribution in [2.75, 3.05) is 20.6 Å². The van der Waals surface area contributed by atoms with Crippen molar-refractivity contribution in [1.82, 2.24) is 0 Å². The molecule has 0 spiro atoms. The van der Waals surface area contributed by atoms with Crippen LogP contribution < -0.4 is 12.4 Å². The van der Waals surface area contributed by atoms with Crippen molar-refractivity contribution in [3.05, 3.63) is 0 Å². The molecule has 0 aliphatic rings. The van der Waals surface area contributed by atoms with Gasteiger partial charge in [0.1, 0.15) is 0 Å². The van der Waals surface area contributed by atoms with Gasteiger partial charge in [-0.2, -0.15) is 0 Å². The fraction of sp³-hybridized carbons (Fsp3) is 1.00. The summed E-state index contributed by atoms with van der Waals surface area (Å²) in [6, 6.07) is 0.896. The Morgan fingerprint density at radius 2 is 1.05 bits per heavy atom. The predicted molar refractivity (Wildman–Crippen MR) is 97.8 cm³/mol. The van der Waals surface area contributed by atoms with E-state index in [2.05, 4.69) is 34.9 Å². The van der Waals surface area contributed by atoms with E-state index in [9.17, 15) is 0 Å². The minimum absolute atomic E-state index is 0. The average Bonchev–Trinajstić information content (AvgIpc) is 2.46. The van der Waals surface area contributed by atoms with Gasteiger partial charge in [-0.25, -0.2) is 0 Å². The third-order valence-corrected chi connectivity index (χ3v) is 5.11. The number of halogens is 1. The Balaban J connectivity index is 0. The van der Waals surface area contributed by atoms with Crippen LogP contribution in [0.2, 0.25) is 0 Å². The molecule has 0 fully saturated rings. The van der Waals surface area contributed by atoms with Gasteiger partial charge in [-0.05, 0) is 38.5 Å². The van der Waals surface area contributed by atoms with E-state index in [-0.39, 0.29) is 12.4 Å². The van der Waals surface area contributed by atoms with Gasteiger partial charge in [-0.15, -0.1) is 0 Å². The minimum Gasteiger partial charge on any atom is -1.00 e. The number of unbranched alkanes of at least 4 members (excludes halogenated alkanes) is 8. The second kappa shape index (κ2) is 16.1. The highest BCUT2D eigenvalue weighted by Crippen LogP contribution is 2.21. The van der Waals surface area contributed by atoms with Crippen LogP contribution in [-0.4, -0.2) is 31.2 Å². The van der Waals surface area contributed by atoms with Crippen LogP contribution in [0.15, 0.2) is 0 Å². The van der Waals surface area contributed by atoms with Crippen LogP contribution in [0.5, 0.6) is 0 Å². The van der Waals surface area contributed by atoms with Crippen LogP contribution in [-0.2, 0) is 0 Å². The first-order valence-electron chi connectivity index (χ1n) is 9.91. The van der Waals surface area contributed by atoms with Crippen LogP contribution in [0.1, 0.15) is 104 Å². The number of hydrogen-bond donors (Lipinski definition) is 0. The first-order valence-corrected chi connectivity index (χ1v) is 9.91. The van der Waals surface area contributed by atoms with Gasteiger partial charge in [-0.1, -0.05) is 65.7 Å². The highest BCUT2D eigenvalue weighted by molar-refractivity contribution is 4.60. The fourth-order valence-corrected chi connectivity index (χ4v) is 3.40. The summed E-state index contributed by atoms with van der Waals surface area (Å²) in [5.74, 6) is 0. The lowest BCUT2D eigenvalue weighted by Gasteiger charge is -2.39. The lowest BCUT2D eigenvalue weighted by molar-refractivity contribution is -0.916. The third kappa shape index (κ3) is 12.8. The lowest BCUT2D eigenvalue weighted by Crippen LogP contribution is -3.00. The molecule has 0 N–H and O–H groups in total.